The Hall–Kier alpha value is -2.69. The summed E-state index contributed by atoms with van der Waals surface area (Å²) in [6.07, 6.45) is 4.20. The zero-order valence-electron chi connectivity index (χ0n) is 16.1. The molecule has 1 heterocycles. The van der Waals surface area contributed by atoms with Gasteiger partial charge in [-0.2, -0.15) is 0 Å². The average Bonchev–Trinajstić information content (AvgIpc) is 2.73. The van der Waals surface area contributed by atoms with E-state index in [0.717, 1.165) is 56.0 Å². The lowest BCUT2D eigenvalue weighted by Gasteiger charge is -2.32. The number of piperidine rings is 1. The number of likely N-dealkylation sites (tertiary alicyclic amines) is 1. The van der Waals surface area contributed by atoms with E-state index in [0.29, 0.717) is 5.92 Å². The highest BCUT2D eigenvalue weighted by atomic mass is 16.5. The van der Waals surface area contributed by atoms with Gasteiger partial charge in [0, 0.05) is 24.8 Å². The molecule has 1 aliphatic rings. The summed E-state index contributed by atoms with van der Waals surface area (Å²) in [5.74, 6) is 2.30. The largest absolute Gasteiger partial charge is 0.497 e. The Morgan fingerprint density at radius 3 is 2.26 bits per heavy atom. The molecule has 144 valence electrons. The first kappa shape index (κ1) is 19.1. The molecule has 2 amide bonds. The number of nitrogens with zero attached hydrogens (tertiary/aromatic N) is 1. The SMILES string of the molecule is COc1cc(CCC2CCN(C(=O)Nc3ccccc3)CC2)cc(OC)c1. The van der Waals surface area contributed by atoms with Crippen LogP contribution in [0.15, 0.2) is 48.5 Å². The monoisotopic (exact) mass is 368 g/mol. The van der Waals surface area contributed by atoms with E-state index in [1.807, 2.05) is 41.3 Å². The molecular formula is C22H28N2O3. The lowest BCUT2D eigenvalue weighted by Crippen LogP contribution is -2.41. The predicted molar refractivity (Wildman–Crippen MR) is 108 cm³/mol. The minimum Gasteiger partial charge on any atom is -0.497 e. The van der Waals surface area contributed by atoms with Crippen molar-refractivity contribution in [3.63, 3.8) is 0 Å². The molecule has 0 atom stereocenters. The number of nitrogens with one attached hydrogen (secondary N) is 1. The van der Waals surface area contributed by atoms with Crippen LogP contribution in [0.5, 0.6) is 11.5 Å². The Labute approximate surface area is 161 Å². The van der Waals surface area contributed by atoms with Gasteiger partial charge in [-0.15, -0.1) is 0 Å². The van der Waals surface area contributed by atoms with Crippen molar-refractivity contribution >= 4 is 11.7 Å². The summed E-state index contributed by atoms with van der Waals surface area (Å²) in [6.45, 7) is 1.62. The number of hydrogen-bond acceptors (Lipinski definition) is 3. The number of ether oxygens (including phenoxy) is 2. The van der Waals surface area contributed by atoms with Gasteiger partial charge in [-0.05, 0) is 61.4 Å². The van der Waals surface area contributed by atoms with Crippen LogP contribution in [0.1, 0.15) is 24.8 Å². The zero-order valence-corrected chi connectivity index (χ0v) is 16.1. The van der Waals surface area contributed by atoms with E-state index in [2.05, 4.69) is 17.4 Å². The van der Waals surface area contributed by atoms with Gasteiger partial charge in [-0.25, -0.2) is 4.79 Å². The second-order valence-corrected chi connectivity index (χ2v) is 6.99. The maximum atomic E-state index is 12.4. The van der Waals surface area contributed by atoms with Crippen LogP contribution in [0.3, 0.4) is 0 Å². The molecule has 1 saturated heterocycles. The minimum absolute atomic E-state index is 0.00261. The van der Waals surface area contributed by atoms with E-state index in [4.69, 9.17) is 9.47 Å². The topological polar surface area (TPSA) is 50.8 Å². The Morgan fingerprint density at radius 1 is 1.04 bits per heavy atom. The number of amides is 2. The first-order valence-electron chi connectivity index (χ1n) is 9.51. The van der Waals surface area contributed by atoms with Gasteiger partial charge in [0.25, 0.3) is 0 Å². The highest BCUT2D eigenvalue weighted by molar-refractivity contribution is 5.89. The van der Waals surface area contributed by atoms with Crippen LogP contribution < -0.4 is 14.8 Å². The Morgan fingerprint density at radius 2 is 1.67 bits per heavy atom. The first-order valence-corrected chi connectivity index (χ1v) is 9.51. The van der Waals surface area contributed by atoms with Crippen LogP contribution in [-0.2, 0) is 6.42 Å². The van der Waals surface area contributed by atoms with Crippen molar-refractivity contribution < 1.29 is 14.3 Å². The maximum Gasteiger partial charge on any atom is 0.321 e. The Balaban J connectivity index is 1.46. The van der Waals surface area contributed by atoms with E-state index >= 15 is 0 Å². The molecule has 5 nitrogen and oxygen atoms in total. The normalized spacial score (nSPS) is 14.7. The molecule has 0 aliphatic carbocycles. The number of urea groups is 1. The van der Waals surface area contributed by atoms with Crippen LogP contribution in [0.25, 0.3) is 0 Å². The number of rotatable bonds is 6. The molecule has 0 bridgehead atoms. The number of methoxy groups -OCH3 is 2. The number of carbonyl (C=O) groups is 1. The van der Waals surface area contributed by atoms with E-state index in [-0.39, 0.29) is 6.03 Å². The van der Waals surface area contributed by atoms with Crippen molar-refractivity contribution in [3.8, 4) is 11.5 Å². The molecule has 5 heteroatoms. The molecule has 0 radical (unpaired) electrons. The summed E-state index contributed by atoms with van der Waals surface area (Å²) in [5.41, 5.74) is 2.08. The number of para-hydroxylation sites is 1. The van der Waals surface area contributed by atoms with Crippen molar-refractivity contribution in [3.05, 3.63) is 54.1 Å². The van der Waals surface area contributed by atoms with E-state index in [1.54, 1.807) is 14.2 Å². The van der Waals surface area contributed by atoms with Crippen molar-refractivity contribution in [2.75, 3.05) is 32.6 Å². The van der Waals surface area contributed by atoms with Gasteiger partial charge in [0.05, 0.1) is 14.2 Å². The maximum absolute atomic E-state index is 12.4. The van der Waals surface area contributed by atoms with E-state index in [1.165, 1.54) is 5.56 Å². The second-order valence-electron chi connectivity index (χ2n) is 6.99. The predicted octanol–water partition coefficient (Wildman–Crippen LogP) is 4.58. The van der Waals surface area contributed by atoms with Crippen molar-refractivity contribution in [2.24, 2.45) is 5.92 Å². The van der Waals surface area contributed by atoms with E-state index < -0.39 is 0 Å². The molecule has 1 fully saturated rings. The van der Waals surface area contributed by atoms with Crippen molar-refractivity contribution in [1.29, 1.82) is 0 Å². The highest BCUT2D eigenvalue weighted by Crippen LogP contribution is 2.27. The number of benzene rings is 2. The van der Waals surface area contributed by atoms with Gasteiger partial charge in [0.15, 0.2) is 0 Å². The average molecular weight is 368 g/mol. The van der Waals surface area contributed by atoms with Gasteiger partial charge >= 0.3 is 6.03 Å². The van der Waals surface area contributed by atoms with Gasteiger partial charge < -0.3 is 19.7 Å². The fourth-order valence-corrected chi connectivity index (χ4v) is 3.53. The third-order valence-electron chi connectivity index (χ3n) is 5.18. The third kappa shape index (κ3) is 5.39. The van der Waals surface area contributed by atoms with Gasteiger partial charge in [-0.1, -0.05) is 18.2 Å². The summed E-state index contributed by atoms with van der Waals surface area (Å²) < 4.78 is 10.7. The van der Waals surface area contributed by atoms with Crippen LogP contribution in [0.2, 0.25) is 0 Å². The molecule has 2 aromatic rings. The Kier molecular flexibility index (Phi) is 6.58. The molecular weight excluding hydrogens is 340 g/mol. The lowest BCUT2D eigenvalue weighted by molar-refractivity contribution is 0.180. The van der Waals surface area contributed by atoms with Crippen LogP contribution in [0, 0.1) is 5.92 Å². The summed E-state index contributed by atoms with van der Waals surface area (Å²) >= 11 is 0. The molecule has 0 unspecified atom stereocenters. The summed E-state index contributed by atoms with van der Waals surface area (Å²) in [6, 6.07) is 15.7. The van der Waals surface area contributed by atoms with Crippen LogP contribution in [0.4, 0.5) is 10.5 Å². The smallest absolute Gasteiger partial charge is 0.321 e. The van der Waals surface area contributed by atoms with Gasteiger partial charge in [-0.3, -0.25) is 0 Å². The summed E-state index contributed by atoms with van der Waals surface area (Å²) in [7, 11) is 3.35. The first-order chi connectivity index (χ1) is 13.2. The molecule has 1 N–H and O–H groups in total. The summed E-state index contributed by atoms with van der Waals surface area (Å²) in [5, 5.41) is 2.97. The third-order valence-corrected chi connectivity index (χ3v) is 5.18. The quantitative estimate of drug-likeness (QED) is 0.812. The molecule has 0 saturated carbocycles. The van der Waals surface area contributed by atoms with Crippen LogP contribution >= 0.6 is 0 Å². The molecule has 2 aromatic carbocycles. The zero-order chi connectivity index (χ0) is 19.1. The molecule has 3 rings (SSSR count). The standard InChI is InChI=1S/C22H28N2O3/c1-26-20-14-18(15-21(16-20)27-2)9-8-17-10-12-24(13-11-17)22(25)23-19-6-4-3-5-7-19/h3-7,14-17H,8-13H2,1-2H3,(H,23,25). The lowest BCUT2D eigenvalue weighted by atomic mass is 9.90. The van der Waals surface area contributed by atoms with E-state index in [9.17, 15) is 4.79 Å². The Bertz CT molecular complexity index is 718. The fraction of sp³-hybridized carbons (Fsp3) is 0.409. The van der Waals surface area contributed by atoms with Crippen LogP contribution in [-0.4, -0.2) is 38.2 Å². The van der Waals surface area contributed by atoms with Crippen molar-refractivity contribution in [2.45, 2.75) is 25.7 Å². The van der Waals surface area contributed by atoms with Gasteiger partial charge in [0.1, 0.15) is 11.5 Å². The highest BCUT2D eigenvalue weighted by Gasteiger charge is 2.22. The second kappa shape index (κ2) is 9.31. The number of anilines is 1. The number of hydrogen-bond donors (Lipinski definition) is 1. The van der Waals surface area contributed by atoms with Gasteiger partial charge in [0.2, 0.25) is 0 Å². The molecule has 0 aromatic heterocycles. The number of carbonyl (C=O) groups excluding carboxylic acids is 1. The minimum atomic E-state index is -0.00261. The molecule has 0 spiro atoms. The fourth-order valence-electron chi connectivity index (χ4n) is 3.53. The van der Waals surface area contributed by atoms with Crippen molar-refractivity contribution in [1.82, 2.24) is 4.90 Å². The molecule has 1 aliphatic heterocycles. The number of aryl methyl sites for hydroxylation is 1. The molecule has 27 heavy (non-hydrogen) atoms. The summed E-state index contributed by atoms with van der Waals surface area (Å²) in [4.78, 5) is 14.3.